The van der Waals surface area contributed by atoms with Crippen molar-refractivity contribution in [2.75, 3.05) is 31.8 Å². The number of hydrogen-bond acceptors (Lipinski definition) is 9. The predicted molar refractivity (Wildman–Crippen MR) is 171 cm³/mol. The number of methoxy groups -OCH3 is 1. The quantitative estimate of drug-likeness (QED) is 0.0722. The Morgan fingerprint density at radius 2 is 1.68 bits per heavy atom. The molecule has 3 aromatic carbocycles. The van der Waals surface area contributed by atoms with Gasteiger partial charge in [-0.3, -0.25) is 14.5 Å². The summed E-state index contributed by atoms with van der Waals surface area (Å²) in [6.07, 6.45) is 3.03. The number of ketones is 1. The van der Waals surface area contributed by atoms with Gasteiger partial charge in [-0.1, -0.05) is 49.3 Å². The Labute approximate surface area is 260 Å². The molecule has 1 aliphatic heterocycles. The van der Waals surface area contributed by atoms with Crippen LogP contribution in [0, 0.1) is 0 Å². The van der Waals surface area contributed by atoms with Crippen LogP contribution in [-0.4, -0.2) is 48.7 Å². The Morgan fingerprint density at radius 1 is 0.909 bits per heavy atom. The molecule has 10 heteroatoms. The Morgan fingerprint density at radius 3 is 2.41 bits per heavy atom. The fourth-order valence-corrected chi connectivity index (χ4v) is 6.18. The van der Waals surface area contributed by atoms with Gasteiger partial charge in [-0.15, -0.1) is 0 Å². The average molecular weight is 617 g/mol. The summed E-state index contributed by atoms with van der Waals surface area (Å²) in [5.41, 5.74) is 1.51. The number of unbranched alkanes of at least 4 members (excludes halogenated alkanes) is 2. The number of aliphatic hydroxyl groups excluding tert-OH is 1. The van der Waals surface area contributed by atoms with E-state index in [-0.39, 0.29) is 11.3 Å². The molecule has 1 saturated heterocycles. The molecule has 1 atom stereocenters. The number of amides is 1. The fraction of sp³-hybridized carbons (Fsp3) is 0.324. The Hall–Kier alpha value is -4.57. The van der Waals surface area contributed by atoms with Gasteiger partial charge in [0.1, 0.15) is 17.3 Å². The molecular formula is C34H36N2O7S. The number of hydrogen-bond donors (Lipinski definition) is 1. The minimum atomic E-state index is -0.985. The first-order valence-electron chi connectivity index (χ1n) is 14.8. The zero-order valence-corrected chi connectivity index (χ0v) is 26.1. The number of nitrogens with zero attached hydrogens (tertiary/aromatic N) is 2. The van der Waals surface area contributed by atoms with Gasteiger partial charge in [0.05, 0.1) is 48.8 Å². The van der Waals surface area contributed by atoms with E-state index < -0.39 is 17.7 Å². The molecule has 2 heterocycles. The Bertz CT molecular complexity index is 1700. The van der Waals surface area contributed by atoms with Crippen molar-refractivity contribution in [1.82, 2.24) is 4.98 Å². The van der Waals surface area contributed by atoms with Crippen LogP contribution in [0.25, 0.3) is 16.0 Å². The number of carbonyl (C=O) groups is 2. The fourth-order valence-electron chi connectivity index (χ4n) is 5.16. The summed E-state index contributed by atoms with van der Waals surface area (Å²) in [5, 5.41) is 11.9. The highest BCUT2D eigenvalue weighted by molar-refractivity contribution is 7.22. The van der Waals surface area contributed by atoms with Crippen molar-refractivity contribution >= 4 is 44.1 Å². The lowest BCUT2D eigenvalue weighted by atomic mass is 9.95. The van der Waals surface area contributed by atoms with Crippen LogP contribution in [0.2, 0.25) is 0 Å². The van der Waals surface area contributed by atoms with Crippen LogP contribution < -0.4 is 23.8 Å². The molecule has 1 amide bonds. The number of carbonyl (C=O) groups excluding carboxylic acids is 2. The van der Waals surface area contributed by atoms with E-state index in [9.17, 15) is 14.7 Å². The summed E-state index contributed by atoms with van der Waals surface area (Å²) < 4.78 is 23.7. The summed E-state index contributed by atoms with van der Waals surface area (Å²) in [7, 11) is 1.54. The third-order valence-corrected chi connectivity index (χ3v) is 8.25. The second-order valence-corrected chi connectivity index (χ2v) is 11.2. The molecule has 0 spiro atoms. The predicted octanol–water partition coefficient (Wildman–Crippen LogP) is 7.30. The lowest BCUT2D eigenvalue weighted by molar-refractivity contribution is -0.132. The molecule has 9 nitrogen and oxygen atoms in total. The zero-order valence-electron chi connectivity index (χ0n) is 25.3. The molecular weight excluding hydrogens is 580 g/mol. The monoisotopic (exact) mass is 616 g/mol. The molecule has 0 aliphatic carbocycles. The largest absolute Gasteiger partial charge is 0.507 e. The van der Waals surface area contributed by atoms with Gasteiger partial charge < -0.3 is 24.1 Å². The number of Topliss-reactive ketones (excluding diaryl/α,β-unsaturated/α-hetero) is 1. The normalized spacial score (nSPS) is 16.0. The van der Waals surface area contributed by atoms with Crippen LogP contribution in [-0.2, 0) is 9.59 Å². The van der Waals surface area contributed by atoms with Crippen LogP contribution in [0.15, 0.2) is 66.2 Å². The van der Waals surface area contributed by atoms with Gasteiger partial charge in [-0.2, -0.15) is 0 Å². The second kappa shape index (κ2) is 13.8. The van der Waals surface area contributed by atoms with Crippen molar-refractivity contribution in [2.24, 2.45) is 0 Å². The Balaban J connectivity index is 1.65. The summed E-state index contributed by atoms with van der Waals surface area (Å²) in [4.78, 5) is 33.6. The first-order chi connectivity index (χ1) is 21.4. The summed E-state index contributed by atoms with van der Waals surface area (Å²) in [6.45, 7) is 7.37. The topological polar surface area (TPSA) is 107 Å². The van der Waals surface area contributed by atoms with Crippen molar-refractivity contribution in [3.8, 4) is 23.0 Å². The molecule has 1 aliphatic rings. The number of aromatic nitrogens is 1. The maximum atomic E-state index is 13.8. The van der Waals surface area contributed by atoms with Crippen LogP contribution in [0.1, 0.15) is 57.2 Å². The van der Waals surface area contributed by atoms with Crippen molar-refractivity contribution < 1.29 is 33.6 Å². The molecule has 0 saturated carbocycles. The Kier molecular flexibility index (Phi) is 9.69. The van der Waals surface area contributed by atoms with Gasteiger partial charge in [0.2, 0.25) is 0 Å². The minimum absolute atomic E-state index is 0.0587. The molecule has 4 aromatic rings. The molecule has 0 bridgehead atoms. The smallest absolute Gasteiger partial charge is 0.301 e. The lowest BCUT2D eigenvalue weighted by Crippen LogP contribution is -2.29. The molecule has 1 fully saturated rings. The molecule has 44 heavy (non-hydrogen) atoms. The van der Waals surface area contributed by atoms with Gasteiger partial charge in [0.25, 0.3) is 5.78 Å². The molecule has 1 N–H and O–H groups in total. The average Bonchev–Trinajstić information content (AvgIpc) is 3.56. The highest BCUT2D eigenvalue weighted by Crippen LogP contribution is 2.46. The van der Waals surface area contributed by atoms with E-state index in [0.717, 1.165) is 24.0 Å². The zero-order chi connectivity index (χ0) is 31.2. The van der Waals surface area contributed by atoms with Gasteiger partial charge in [0, 0.05) is 5.56 Å². The standard InChI is InChI=1S/C34H36N2O7S/c1-5-8-9-17-43-26-16-13-21(19-27(26)40-4)30-29(31(37)22-11-10-12-23(18-22)41-6-2)32(38)33(39)36(30)34-35-25-15-14-24(42-7-3)20-28(25)44-34/h10-16,18-20,30,37H,5-9,17H2,1-4H3/b31-29+. The summed E-state index contributed by atoms with van der Waals surface area (Å²) in [5.74, 6) is 0.303. The second-order valence-electron chi connectivity index (χ2n) is 10.2. The number of anilines is 1. The first kappa shape index (κ1) is 30.9. The summed E-state index contributed by atoms with van der Waals surface area (Å²) in [6, 6.07) is 16.6. The number of rotatable bonds is 13. The van der Waals surface area contributed by atoms with Crippen molar-refractivity contribution in [3.63, 3.8) is 0 Å². The van der Waals surface area contributed by atoms with Crippen LogP contribution >= 0.6 is 11.3 Å². The highest BCUT2D eigenvalue weighted by atomic mass is 32.1. The van der Waals surface area contributed by atoms with Gasteiger partial charge in [-0.05, 0) is 68.3 Å². The van der Waals surface area contributed by atoms with E-state index in [1.54, 1.807) is 42.5 Å². The molecule has 5 rings (SSSR count). The third-order valence-electron chi connectivity index (χ3n) is 7.24. The first-order valence-corrected chi connectivity index (χ1v) is 15.6. The van der Waals surface area contributed by atoms with Crippen molar-refractivity contribution in [1.29, 1.82) is 0 Å². The maximum Gasteiger partial charge on any atom is 0.301 e. The lowest BCUT2D eigenvalue weighted by Gasteiger charge is -2.24. The van der Waals surface area contributed by atoms with E-state index in [0.29, 0.717) is 64.6 Å². The van der Waals surface area contributed by atoms with Gasteiger partial charge in [0.15, 0.2) is 16.6 Å². The van der Waals surface area contributed by atoms with E-state index in [1.165, 1.54) is 23.3 Å². The van der Waals surface area contributed by atoms with Gasteiger partial charge >= 0.3 is 5.91 Å². The number of fused-ring (bicyclic) bond motifs is 1. The van der Waals surface area contributed by atoms with Crippen molar-refractivity contribution in [3.05, 3.63) is 77.4 Å². The van der Waals surface area contributed by atoms with E-state index in [2.05, 4.69) is 6.92 Å². The third kappa shape index (κ3) is 6.21. The van der Waals surface area contributed by atoms with E-state index in [4.69, 9.17) is 23.9 Å². The number of thiazole rings is 1. The molecule has 1 unspecified atom stereocenters. The van der Waals surface area contributed by atoms with Gasteiger partial charge in [-0.25, -0.2) is 4.98 Å². The molecule has 0 radical (unpaired) electrons. The SMILES string of the molecule is CCCCCOc1ccc(C2/C(=C(\O)c3cccc(OCC)c3)C(=O)C(=O)N2c2nc3ccc(OCC)cc3s2)cc1OC. The maximum absolute atomic E-state index is 13.8. The van der Waals surface area contributed by atoms with E-state index in [1.807, 2.05) is 32.0 Å². The highest BCUT2D eigenvalue weighted by Gasteiger charge is 2.48. The number of benzene rings is 3. The molecule has 1 aromatic heterocycles. The molecule has 230 valence electrons. The van der Waals surface area contributed by atoms with Crippen LogP contribution in [0.5, 0.6) is 23.0 Å². The van der Waals surface area contributed by atoms with Crippen molar-refractivity contribution in [2.45, 2.75) is 46.1 Å². The number of aliphatic hydroxyl groups is 1. The van der Waals surface area contributed by atoms with Crippen LogP contribution in [0.4, 0.5) is 5.13 Å². The van der Waals surface area contributed by atoms with E-state index >= 15 is 0 Å². The van der Waals surface area contributed by atoms with Crippen LogP contribution in [0.3, 0.4) is 0 Å². The number of ether oxygens (including phenoxy) is 4. The minimum Gasteiger partial charge on any atom is -0.507 e. The summed E-state index contributed by atoms with van der Waals surface area (Å²) >= 11 is 1.27.